The Labute approximate surface area is 198 Å². The average molecular weight is 459 g/mol. The fourth-order valence-corrected chi connectivity index (χ4v) is 3.60. The molecule has 0 bridgehead atoms. The number of rotatable bonds is 5. The van der Waals surface area contributed by atoms with E-state index in [1.165, 1.54) is 6.07 Å². The molecular weight excluding hydrogens is 432 g/mol. The van der Waals surface area contributed by atoms with Crippen LogP contribution in [0.25, 0.3) is 6.08 Å². The molecule has 1 heterocycles. The van der Waals surface area contributed by atoms with Gasteiger partial charge in [0.15, 0.2) is 5.76 Å². The molecule has 174 valence electrons. The Hall–Kier alpha value is -4.06. The molecule has 0 unspecified atom stereocenters. The molecule has 0 amide bonds. The summed E-state index contributed by atoms with van der Waals surface area (Å²) in [6, 6.07) is 17.3. The number of benzene rings is 3. The molecular formula is C28H26O6. The van der Waals surface area contributed by atoms with Crippen LogP contribution in [0.5, 0.6) is 23.0 Å². The van der Waals surface area contributed by atoms with Gasteiger partial charge in [-0.2, -0.15) is 0 Å². The van der Waals surface area contributed by atoms with Crippen molar-refractivity contribution in [3.63, 3.8) is 0 Å². The van der Waals surface area contributed by atoms with Crippen LogP contribution in [0.3, 0.4) is 0 Å². The molecule has 34 heavy (non-hydrogen) atoms. The monoisotopic (exact) mass is 458 g/mol. The summed E-state index contributed by atoms with van der Waals surface area (Å²) in [4.78, 5) is 25.5. The summed E-state index contributed by atoms with van der Waals surface area (Å²) in [6.07, 6.45) is 1.60. The predicted octanol–water partition coefficient (Wildman–Crippen LogP) is 5.84. The third kappa shape index (κ3) is 4.66. The molecule has 0 fully saturated rings. The second kappa shape index (κ2) is 9.06. The Kier molecular flexibility index (Phi) is 6.16. The Bertz CT molecular complexity index is 1280. The summed E-state index contributed by atoms with van der Waals surface area (Å²) >= 11 is 0. The molecule has 6 heteroatoms. The van der Waals surface area contributed by atoms with Crippen molar-refractivity contribution >= 4 is 17.8 Å². The van der Waals surface area contributed by atoms with Crippen molar-refractivity contribution in [3.8, 4) is 23.0 Å². The quantitative estimate of drug-likeness (QED) is 0.272. The third-order valence-electron chi connectivity index (χ3n) is 5.56. The van der Waals surface area contributed by atoms with Crippen LogP contribution in [-0.4, -0.2) is 26.0 Å². The highest BCUT2D eigenvalue weighted by Crippen LogP contribution is 2.36. The van der Waals surface area contributed by atoms with Gasteiger partial charge in [0.2, 0.25) is 5.78 Å². The van der Waals surface area contributed by atoms with Gasteiger partial charge in [-0.3, -0.25) is 4.79 Å². The maximum atomic E-state index is 12.8. The first-order valence-electron chi connectivity index (χ1n) is 10.8. The first-order valence-corrected chi connectivity index (χ1v) is 10.8. The molecule has 3 aromatic rings. The molecule has 1 aliphatic heterocycles. The maximum absolute atomic E-state index is 12.8. The highest BCUT2D eigenvalue weighted by Gasteiger charge is 2.28. The molecule has 0 aliphatic carbocycles. The molecule has 0 spiro atoms. The Balaban J connectivity index is 1.54. The average Bonchev–Trinajstić information content (AvgIpc) is 3.12. The number of esters is 1. The van der Waals surface area contributed by atoms with Gasteiger partial charge in [-0.25, -0.2) is 4.79 Å². The van der Waals surface area contributed by atoms with Crippen LogP contribution in [0.2, 0.25) is 0 Å². The molecule has 1 aliphatic rings. The molecule has 0 saturated carbocycles. The number of hydrogen-bond donors (Lipinski definition) is 0. The molecule has 4 rings (SSSR count). The number of ketones is 1. The van der Waals surface area contributed by atoms with E-state index in [0.29, 0.717) is 33.9 Å². The van der Waals surface area contributed by atoms with Gasteiger partial charge in [0.05, 0.1) is 25.3 Å². The summed E-state index contributed by atoms with van der Waals surface area (Å²) in [5.41, 5.74) is 2.59. The first-order chi connectivity index (χ1) is 16.2. The summed E-state index contributed by atoms with van der Waals surface area (Å²) in [5.74, 6) is 1.20. The van der Waals surface area contributed by atoms with Gasteiger partial charge in [0.25, 0.3) is 0 Å². The smallest absolute Gasteiger partial charge is 0.343 e. The molecule has 0 aromatic heterocycles. The second-order valence-electron chi connectivity index (χ2n) is 8.92. The van der Waals surface area contributed by atoms with E-state index in [9.17, 15) is 9.59 Å². The molecule has 0 N–H and O–H groups in total. The largest absolute Gasteiger partial charge is 0.497 e. The highest BCUT2D eigenvalue weighted by atomic mass is 16.5. The zero-order valence-electron chi connectivity index (χ0n) is 19.8. The number of hydrogen-bond acceptors (Lipinski definition) is 6. The summed E-state index contributed by atoms with van der Waals surface area (Å²) in [6.45, 7) is 6.33. The second-order valence-corrected chi connectivity index (χ2v) is 8.92. The van der Waals surface area contributed by atoms with Gasteiger partial charge in [0.1, 0.15) is 23.0 Å². The fraction of sp³-hybridized carbons (Fsp3) is 0.214. The van der Waals surface area contributed by atoms with Gasteiger partial charge in [-0.1, -0.05) is 32.9 Å². The minimum absolute atomic E-state index is 0.00752. The number of ether oxygens (including phenoxy) is 4. The van der Waals surface area contributed by atoms with Crippen molar-refractivity contribution in [1.29, 1.82) is 0 Å². The number of carbonyl (C=O) groups is 2. The van der Waals surface area contributed by atoms with E-state index in [0.717, 1.165) is 5.56 Å². The van der Waals surface area contributed by atoms with Crippen LogP contribution in [-0.2, 0) is 5.41 Å². The number of fused-ring (bicyclic) bond motifs is 1. The zero-order valence-corrected chi connectivity index (χ0v) is 19.8. The Morgan fingerprint density at radius 3 is 2.24 bits per heavy atom. The lowest BCUT2D eigenvalue weighted by atomic mass is 9.87. The van der Waals surface area contributed by atoms with E-state index >= 15 is 0 Å². The lowest BCUT2D eigenvalue weighted by Gasteiger charge is -2.18. The highest BCUT2D eigenvalue weighted by molar-refractivity contribution is 6.14. The third-order valence-corrected chi connectivity index (χ3v) is 5.56. The number of methoxy groups -OCH3 is 2. The summed E-state index contributed by atoms with van der Waals surface area (Å²) < 4.78 is 22.0. The van der Waals surface area contributed by atoms with Gasteiger partial charge in [0, 0.05) is 11.6 Å². The minimum Gasteiger partial charge on any atom is -0.497 e. The standard InChI is InChI=1S/C28H26O6/c1-28(2,3)19-8-6-17(7-9-19)27(30)33-21-10-12-22-24(16-21)34-25(26(22)29)15-18-14-20(31-4)11-13-23(18)32-5/h6-16H,1-5H3/b25-15-. The van der Waals surface area contributed by atoms with Crippen LogP contribution in [0.1, 0.15) is 52.6 Å². The van der Waals surface area contributed by atoms with Gasteiger partial charge >= 0.3 is 5.97 Å². The van der Waals surface area contributed by atoms with E-state index in [1.807, 2.05) is 12.1 Å². The van der Waals surface area contributed by atoms with E-state index in [1.54, 1.807) is 62.8 Å². The minimum atomic E-state index is -0.485. The molecule has 0 atom stereocenters. The van der Waals surface area contributed by atoms with Crippen molar-refractivity contribution in [1.82, 2.24) is 0 Å². The van der Waals surface area contributed by atoms with Crippen molar-refractivity contribution in [3.05, 3.63) is 88.7 Å². The number of carbonyl (C=O) groups excluding carboxylic acids is 2. The van der Waals surface area contributed by atoms with Crippen LogP contribution in [0.15, 0.2) is 66.4 Å². The van der Waals surface area contributed by atoms with E-state index in [4.69, 9.17) is 18.9 Å². The molecule has 0 radical (unpaired) electrons. The Morgan fingerprint density at radius 2 is 1.59 bits per heavy atom. The van der Waals surface area contributed by atoms with Crippen molar-refractivity contribution in [2.75, 3.05) is 14.2 Å². The van der Waals surface area contributed by atoms with Gasteiger partial charge in [-0.15, -0.1) is 0 Å². The maximum Gasteiger partial charge on any atom is 0.343 e. The van der Waals surface area contributed by atoms with E-state index < -0.39 is 5.97 Å². The lowest BCUT2D eigenvalue weighted by Crippen LogP contribution is -2.12. The van der Waals surface area contributed by atoms with Gasteiger partial charge in [-0.05, 0) is 59.5 Å². The van der Waals surface area contributed by atoms with Crippen molar-refractivity contribution in [2.24, 2.45) is 0 Å². The van der Waals surface area contributed by atoms with Crippen LogP contribution in [0.4, 0.5) is 0 Å². The van der Waals surface area contributed by atoms with Crippen molar-refractivity contribution in [2.45, 2.75) is 26.2 Å². The normalized spacial score (nSPS) is 13.9. The van der Waals surface area contributed by atoms with Crippen molar-refractivity contribution < 1.29 is 28.5 Å². The van der Waals surface area contributed by atoms with Gasteiger partial charge < -0.3 is 18.9 Å². The predicted molar refractivity (Wildman–Crippen MR) is 129 cm³/mol. The molecule has 0 saturated heterocycles. The molecule has 3 aromatic carbocycles. The van der Waals surface area contributed by atoms with E-state index in [2.05, 4.69) is 20.8 Å². The lowest BCUT2D eigenvalue weighted by molar-refractivity contribution is 0.0734. The SMILES string of the molecule is COc1ccc(OC)c(/C=C2\Oc3cc(OC(=O)c4ccc(C(C)(C)C)cc4)ccc3C2=O)c1. The number of Topliss-reactive ketones (excluding diaryl/α,β-unsaturated/α-hetero) is 1. The number of allylic oxidation sites excluding steroid dienone is 1. The van der Waals surface area contributed by atoms with Crippen LogP contribution < -0.4 is 18.9 Å². The summed E-state index contributed by atoms with van der Waals surface area (Å²) in [7, 11) is 3.11. The first kappa shape index (κ1) is 23.1. The van der Waals surface area contributed by atoms with E-state index in [-0.39, 0.29) is 22.7 Å². The van der Waals surface area contributed by atoms with Crippen LogP contribution >= 0.6 is 0 Å². The fourth-order valence-electron chi connectivity index (χ4n) is 3.60. The van der Waals surface area contributed by atoms with Crippen LogP contribution in [0, 0.1) is 0 Å². The topological polar surface area (TPSA) is 71.1 Å². The summed E-state index contributed by atoms with van der Waals surface area (Å²) in [5, 5.41) is 0. The zero-order chi connectivity index (χ0) is 24.5. The molecule has 6 nitrogen and oxygen atoms in total. The Morgan fingerprint density at radius 1 is 0.882 bits per heavy atom.